The summed E-state index contributed by atoms with van der Waals surface area (Å²) in [7, 11) is 1.59. The first kappa shape index (κ1) is 21.9. The van der Waals surface area contributed by atoms with E-state index in [4.69, 9.17) is 14.5 Å². The van der Waals surface area contributed by atoms with E-state index in [1.54, 1.807) is 18.9 Å². The summed E-state index contributed by atoms with van der Waals surface area (Å²) in [6.45, 7) is 6.65. The minimum Gasteiger partial charge on any atom is -0.496 e. The Morgan fingerprint density at radius 2 is 1.84 bits per heavy atom. The quantitative estimate of drug-likeness (QED) is 0.411. The first-order chi connectivity index (χ1) is 15.5. The highest BCUT2D eigenvalue weighted by Gasteiger charge is 2.48. The molecule has 0 fully saturated rings. The third-order valence-corrected chi connectivity index (χ3v) is 5.87. The summed E-state index contributed by atoms with van der Waals surface area (Å²) in [5.74, 6) is -0.307. The van der Waals surface area contributed by atoms with E-state index in [2.05, 4.69) is 13.8 Å². The lowest BCUT2D eigenvalue weighted by Gasteiger charge is -2.38. The van der Waals surface area contributed by atoms with Crippen molar-refractivity contribution in [1.29, 1.82) is 0 Å². The first-order valence-corrected chi connectivity index (χ1v) is 11.1. The minimum absolute atomic E-state index is 0.199. The van der Waals surface area contributed by atoms with Crippen molar-refractivity contribution >= 4 is 28.9 Å². The summed E-state index contributed by atoms with van der Waals surface area (Å²) in [6.07, 6.45) is 0.795. The number of anilines is 1. The van der Waals surface area contributed by atoms with Crippen molar-refractivity contribution in [2.75, 3.05) is 25.2 Å². The monoisotopic (exact) mass is 435 g/mol. The van der Waals surface area contributed by atoms with Crippen LogP contribution in [0.25, 0.3) is 11.0 Å². The highest BCUT2D eigenvalue weighted by molar-refractivity contribution is 6.08. The van der Waals surface area contributed by atoms with E-state index in [-0.39, 0.29) is 12.5 Å². The Labute approximate surface area is 187 Å². The van der Waals surface area contributed by atoms with E-state index in [9.17, 15) is 9.59 Å². The van der Waals surface area contributed by atoms with E-state index in [1.165, 1.54) is 0 Å². The fourth-order valence-electron chi connectivity index (χ4n) is 4.34. The lowest BCUT2D eigenvalue weighted by molar-refractivity contribution is -0.153. The predicted octanol–water partition coefficient (Wildman–Crippen LogP) is 4.21. The molecule has 2 heterocycles. The minimum atomic E-state index is -1.04. The lowest BCUT2D eigenvalue weighted by atomic mass is 9.88. The Kier molecular flexibility index (Phi) is 6.17. The van der Waals surface area contributed by atoms with Gasteiger partial charge in [-0.15, -0.1) is 0 Å². The Balaban J connectivity index is 1.99. The first-order valence-electron chi connectivity index (χ1n) is 11.1. The van der Waals surface area contributed by atoms with Crippen LogP contribution < -0.4 is 9.64 Å². The summed E-state index contributed by atoms with van der Waals surface area (Å²) in [6, 6.07) is 14.6. The fourth-order valence-corrected chi connectivity index (χ4v) is 4.34. The van der Waals surface area contributed by atoms with Gasteiger partial charge >= 0.3 is 5.97 Å². The average Bonchev–Trinajstić information content (AvgIpc) is 3.16. The number of methoxy groups -OCH3 is 1. The molecule has 1 amide bonds. The number of benzene rings is 2. The van der Waals surface area contributed by atoms with Gasteiger partial charge in [0.25, 0.3) is 0 Å². The van der Waals surface area contributed by atoms with Crippen LogP contribution in [0, 0.1) is 11.8 Å². The number of fused-ring (bicyclic) bond motifs is 3. The second-order valence-electron chi connectivity index (χ2n) is 8.36. The molecule has 168 valence electrons. The van der Waals surface area contributed by atoms with Crippen LogP contribution in [0.1, 0.15) is 38.8 Å². The highest BCUT2D eigenvalue weighted by atomic mass is 16.5. The third kappa shape index (κ3) is 3.72. The second-order valence-corrected chi connectivity index (χ2v) is 8.36. The van der Waals surface area contributed by atoms with E-state index in [1.807, 2.05) is 53.1 Å². The molecular formula is C25H29N3O4. The van der Waals surface area contributed by atoms with Gasteiger partial charge in [0.15, 0.2) is 5.92 Å². The molecule has 4 rings (SSSR count). The second kappa shape index (κ2) is 9.02. The molecule has 3 aromatic rings. The maximum Gasteiger partial charge on any atom is 0.321 e. The van der Waals surface area contributed by atoms with Gasteiger partial charge in [-0.25, -0.2) is 4.98 Å². The van der Waals surface area contributed by atoms with Crippen LogP contribution in [0.5, 0.6) is 5.75 Å². The zero-order valence-electron chi connectivity index (χ0n) is 18.9. The van der Waals surface area contributed by atoms with Gasteiger partial charge in [0.05, 0.1) is 30.8 Å². The number of imidazole rings is 1. The molecule has 0 bridgehead atoms. The molecule has 7 heteroatoms. The van der Waals surface area contributed by atoms with Crippen molar-refractivity contribution in [3.8, 4) is 5.75 Å². The van der Waals surface area contributed by atoms with Crippen molar-refractivity contribution in [1.82, 2.24) is 9.55 Å². The third-order valence-electron chi connectivity index (χ3n) is 5.87. The summed E-state index contributed by atoms with van der Waals surface area (Å²) < 4.78 is 13.0. The van der Waals surface area contributed by atoms with Crippen molar-refractivity contribution < 1.29 is 19.1 Å². The van der Waals surface area contributed by atoms with E-state index >= 15 is 0 Å². The van der Waals surface area contributed by atoms with Crippen molar-refractivity contribution in [2.45, 2.75) is 33.2 Å². The van der Waals surface area contributed by atoms with Gasteiger partial charge in [0, 0.05) is 12.1 Å². The van der Waals surface area contributed by atoms with Crippen LogP contribution in [0.15, 0.2) is 48.5 Å². The molecule has 1 aliphatic heterocycles. The number of ether oxygens (including phenoxy) is 2. The van der Waals surface area contributed by atoms with Gasteiger partial charge in [0.1, 0.15) is 5.75 Å². The molecule has 7 nitrogen and oxygen atoms in total. The van der Waals surface area contributed by atoms with Crippen molar-refractivity contribution in [3.63, 3.8) is 0 Å². The lowest BCUT2D eigenvalue weighted by Crippen LogP contribution is -2.50. The molecule has 2 aromatic carbocycles. The van der Waals surface area contributed by atoms with Gasteiger partial charge in [-0.2, -0.15) is 0 Å². The number of carbonyl (C=O) groups excluding carboxylic acids is 2. The molecule has 2 atom stereocenters. The molecular weight excluding hydrogens is 406 g/mol. The molecule has 32 heavy (non-hydrogen) atoms. The SMILES string of the molecule is CCOC(=O)[C@@H]1C(=O)N(CCC(C)C)c2nc3ccccc3n2[C@H]1c1ccccc1OC. The maximum atomic E-state index is 13.8. The van der Waals surface area contributed by atoms with Crippen LogP contribution in [0.3, 0.4) is 0 Å². The maximum absolute atomic E-state index is 13.8. The number of hydrogen-bond donors (Lipinski definition) is 0. The zero-order valence-corrected chi connectivity index (χ0v) is 18.9. The van der Waals surface area contributed by atoms with E-state index in [0.29, 0.717) is 24.2 Å². The Morgan fingerprint density at radius 3 is 2.56 bits per heavy atom. The Bertz CT molecular complexity index is 1140. The normalized spacial score (nSPS) is 18.2. The number of para-hydroxylation sites is 3. The molecule has 0 aliphatic carbocycles. The van der Waals surface area contributed by atoms with E-state index < -0.39 is 17.9 Å². The van der Waals surface area contributed by atoms with Crippen molar-refractivity contribution in [2.24, 2.45) is 11.8 Å². The summed E-state index contributed by atoms with van der Waals surface area (Å²) in [4.78, 5) is 33.5. The Hall–Kier alpha value is -3.35. The number of hydrogen-bond acceptors (Lipinski definition) is 5. The molecule has 0 spiro atoms. The standard InChI is InChI=1S/C25H29N3O4/c1-5-32-24(30)21-22(17-10-6-9-13-20(17)31-4)28-19-12-8-7-11-18(19)26-25(28)27(23(21)29)15-14-16(2)3/h6-13,16,21-22H,5,14-15H2,1-4H3/t21-,22-/m0/s1. The fraction of sp³-hybridized carbons (Fsp3) is 0.400. The smallest absolute Gasteiger partial charge is 0.321 e. The summed E-state index contributed by atoms with van der Waals surface area (Å²) in [5, 5.41) is 0. The molecule has 0 saturated carbocycles. The van der Waals surface area contributed by atoms with Gasteiger partial charge in [-0.3, -0.25) is 14.5 Å². The van der Waals surface area contributed by atoms with Crippen LogP contribution in [-0.2, 0) is 14.3 Å². The van der Waals surface area contributed by atoms with Crippen molar-refractivity contribution in [3.05, 3.63) is 54.1 Å². The van der Waals surface area contributed by atoms with Crippen LogP contribution in [0.4, 0.5) is 5.95 Å². The molecule has 0 N–H and O–H groups in total. The average molecular weight is 436 g/mol. The number of nitrogens with zero attached hydrogens (tertiary/aromatic N) is 3. The number of aromatic nitrogens is 2. The molecule has 1 aliphatic rings. The molecule has 0 unspecified atom stereocenters. The van der Waals surface area contributed by atoms with Gasteiger partial charge in [-0.1, -0.05) is 44.2 Å². The van der Waals surface area contributed by atoms with Gasteiger partial charge in [0.2, 0.25) is 11.9 Å². The Morgan fingerprint density at radius 1 is 1.12 bits per heavy atom. The number of carbonyl (C=O) groups is 2. The number of esters is 1. The van der Waals surface area contributed by atoms with Crippen LogP contribution in [0.2, 0.25) is 0 Å². The molecule has 1 aromatic heterocycles. The highest BCUT2D eigenvalue weighted by Crippen LogP contribution is 2.43. The molecule has 0 saturated heterocycles. The summed E-state index contributed by atoms with van der Waals surface area (Å²) >= 11 is 0. The van der Waals surface area contributed by atoms with E-state index in [0.717, 1.165) is 23.0 Å². The van der Waals surface area contributed by atoms with Crippen LogP contribution >= 0.6 is 0 Å². The number of rotatable bonds is 7. The number of amides is 1. The molecule has 0 radical (unpaired) electrons. The summed E-state index contributed by atoms with van der Waals surface area (Å²) in [5.41, 5.74) is 2.37. The van der Waals surface area contributed by atoms with Gasteiger partial charge < -0.3 is 14.0 Å². The largest absolute Gasteiger partial charge is 0.496 e. The predicted molar refractivity (Wildman–Crippen MR) is 123 cm³/mol. The topological polar surface area (TPSA) is 73.7 Å². The van der Waals surface area contributed by atoms with Gasteiger partial charge in [-0.05, 0) is 37.5 Å². The van der Waals surface area contributed by atoms with Crippen LogP contribution in [-0.4, -0.2) is 41.7 Å². The zero-order chi connectivity index (χ0) is 22.8.